The molecule has 1 atom stereocenters. The lowest BCUT2D eigenvalue weighted by Crippen LogP contribution is -2.45. The fraction of sp³-hybridized carbons (Fsp3) is 0.750. The van der Waals surface area contributed by atoms with Crippen LogP contribution >= 0.6 is 11.6 Å². The summed E-state index contributed by atoms with van der Waals surface area (Å²) in [6.07, 6.45) is 7.90. The molecule has 0 bridgehead atoms. The van der Waals surface area contributed by atoms with Crippen LogP contribution in [-0.2, 0) is 14.1 Å². The summed E-state index contributed by atoms with van der Waals surface area (Å²) in [6, 6.07) is 0.625. The number of halogens is 1. The number of nitrogens with zero attached hydrogens (tertiary/aromatic N) is 4. The van der Waals surface area contributed by atoms with Crippen LogP contribution in [-0.4, -0.2) is 70.1 Å². The SMILES string of the molecule is CC1(C)OB(c2cnc(N(CC3CCCN3C(=O)CCl)C3CC3)nc2)OC1(C)C. The highest BCUT2D eigenvalue weighted by atomic mass is 35.5. The van der Waals surface area contributed by atoms with Crippen molar-refractivity contribution in [2.24, 2.45) is 0 Å². The van der Waals surface area contributed by atoms with Gasteiger partial charge in [-0.3, -0.25) is 4.79 Å². The topological polar surface area (TPSA) is 67.8 Å². The Bertz CT molecular complexity index is 741. The number of amides is 1. The zero-order valence-electron chi connectivity index (χ0n) is 17.7. The van der Waals surface area contributed by atoms with Gasteiger partial charge in [0.15, 0.2) is 0 Å². The first kappa shape index (κ1) is 20.9. The third kappa shape index (κ3) is 4.12. The largest absolute Gasteiger partial charge is 0.498 e. The number of rotatable bonds is 6. The molecule has 0 N–H and O–H groups in total. The van der Waals surface area contributed by atoms with Gasteiger partial charge in [0.1, 0.15) is 5.88 Å². The molecule has 1 aromatic heterocycles. The summed E-state index contributed by atoms with van der Waals surface area (Å²) in [7, 11) is -0.463. The van der Waals surface area contributed by atoms with E-state index >= 15 is 0 Å². The Labute approximate surface area is 178 Å². The number of aromatic nitrogens is 2. The third-order valence-electron chi connectivity index (χ3n) is 6.65. The molecule has 0 radical (unpaired) electrons. The minimum Gasteiger partial charge on any atom is -0.399 e. The fourth-order valence-corrected chi connectivity index (χ4v) is 4.17. The smallest absolute Gasteiger partial charge is 0.399 e. The number of anilines is 1. The fourth-order valence-electron chi connectivity index (χ4n) is 4.02. The Balaban J connectivity index is 1.47. The molecule has 1 aliphatic carbocycles. The number of carbonyl (C=O) groups is 1. The van der Waals surface area contributed by atoms with Gasteiger partial charge < -0.3 is 19.1 Å². The van der Waals surface area contributed by atoms with Crippen molar-refractivity contribution in [3.63, 3.8) is 0 Å². The van der Waals surface area contributed by atoms with E-state index in [-0.39, 0.29) is 17.8 Å². The summed E-state index contributed by atoms with van der Waals surface area (Å²) in [6.45, 7) is 9.68. The average Bonchev–Trinajstić information content (AvgIpc) is 3.37. The van der Waals surface area contributed by atoms with E-state index in [1.54, 1.807) is 12.4 Å². The van der Waals surface area contributed by atoms with Crippen LogP contribution in [0.4, 0.5) is 5.95 Å². The lowest BCUT2D eigenvalue weighted by Gasteiger charge is -2.32. The van der Waals surface area contributed by atoms with Crippen molar-refractivity contribution in [1.82, 2.24) is 14.9 Å². The number of alkyl halides is 1. The number of carbonyl (C=O) groups excluding carboxylic acids is 1. The first-order valence-electron chi connectivity index (χ1n) is 10.5. The normalized spacial score (nSPS) is 25.5. The van der Waals surface area contributed by atoms with E-state index in [2.05, 4.69) is 14.9 Å². The second-order valence-corrected chi connectivity index (χ2v) is 9.57. The molecule has 3 aliphatic rings. The van der Waals surface area contributed by atoms with Crippen LogP contribution in [0, 0.1) is 0 Å². The van der Waals surface area contributed by atoms with Gasteiger partial charge in [0.2, 0.25) is 11.9 Å². The minimum atomic E-state index is -0.463. The molecular weight excluding hydrogens is 391 g/mol. The van der Waals surface area contributed by atoms with Crippen LogP contribution in [0.3, 0.4) is 0 Å². The number of hydrogen-bond donors (Lipinski definition) is 0. The van der Waals surface area contributed by atoms with E-state index in [0.717, 1.165) is 44.2 Å². The number of likely N-dealkylation sites (tertiary alicyclic amines) is 1. The van der Waals surface area contributed by atoms with Crippen molar-refractivity contribution < 1.29 is 14.1 Å². The van der Waals surface area contributed by atoms with E-state index in [0.29, 0.717) is 12.0 Å². The lowest BCUT2D eigenvalue weighted by atomic mass is 9.81. The van der Waals surface area contributed by atoms with Crippen molar-refractivity contribution in [3.05, 3.63) is 12.4 Å². The molecule has 29 heavy (non-hydrogen) atoms. The maximum absolute atomic E-state index is 12.1. The molecular formula is C20H30BClN4O3. The van der Waals surface area contributed by atoms with Crippen LogP contribution in [0.1, 0.15) is 53.4 Å². The van der Waals surface area contributed by atoms with Crippen LogP contribution in [0.5, 0.6) is 0 Å². The summed E-state index contributed by atoms with van der Waals surface area (Å²) in [5.74, 6) is 0.763. The van der Waals surface area contributed by atoms with Crippen LogP contribution in [0.15, 0.2) is 12.4 Å². The zero-order valence-corrected chi connectivity index (χ0v) is 18.5. The zero-order chi connectivity index (χ0) is 20.8. The first-order chi connectivity index (χ1) is 13.7. The molecule has 3 heterocycles. The van der Waals surface area contributed by atoms with Gasteiger partial charge >= 0.3 is 7.12 Å². The van der Waals surface area contributed by atoms with Crippen molar-refractivity contribution in [2.45, 2.75) is 76.7 Å². The third-order valence-corrected chi connectivity index (χ3v) is 6.88. The molecule has 1 saturated carbocycles. The highest BCUT2D eigenvalue weighted by Gasteiger charge is 2.52. The van der Waals surface area contributed by atoms with E-state index in [4.69, 9.17) is 20.9 Å². The summed E-state index contributed by atoms with van der Waals surface area (Å²) in [4.78, 5) is 25.6. The molecule has 1 amide bonds. The monoisotopic (exact) mass is 420 g/mol. The Hall–Kier alpha value is -1.38. The minimum absolute atomic E-state index is 0.0157. The molecule has 2 saturated heterocycles. The molecule has 3 fully saturated rings. The number of hydrogen-bond acceptors (Lipinski definition) is 6. The predicted molar refractivity (Wildman–Crippen MR) is 114 cm³/mol. The van der Waals surface area contributed by atoms with Crippen LogP contribution in [0.2, 0.25) is 0 Å². The van der Waals surface area contributed by atoms with E-state index in [1.807, 2.05) is 32.6 Å². The van der Waals surface area contributed by atoms with Gasteiger partial charge in [0, 0.05) is 43.0 Å². The molecule has 9 heteroatoms. The summed E-state index contributed by atoms with van der Waals surface area (Å²) in [5.41, 5.74) is 0.0390. The highest BCUT2D eigenvalue weighted by molar-refractivity contribution is 6.61. The van der Waals surface area contributed by atoms with Crippen LogP contribution < -0.4 is 10.4 Å². The van der Waals surface area contributed by atoms with Gasteiger partial charge in [-0.1, -0.05) is 0 Å². The van der Waals surface area contributed by atoms with Crippen molar-refractivity contribution in [2.75, 3.05) is 23.9 Å². The second-order valence-electron chi connectivity index (χ2n) is 9.30. The summed E-state index contributed by atoms with van der Waals surface area (Å²) in [5, 5.41) is 0. The van der Waals surface area contributed by atoms with E-state index in [1.165, 1.54) is 0 Å². The van der Waals surface area contributed by atoms with Gasteiger partial charge in [-0.2, -0.15) is 0 Å². The molecule has 7 nitrogen and oxygen atoms in total. The summed E-state index contributed by atoms with van der Waals surface area (Å²) >= 11 is 5.79. The molecule has 0 spiro atoms. The summed E-state index contributed by atoms with van der Waals surface area (Å²) < 4.78 is 12.2. The lowest BCUT2D eigenvalue weighted by molar-refractivity contribution is -0.129. The quantitative estimate of drug-likeness (QED) is 0.518. The van der Waals surface area contributed by atoms with Gasteiger partial charge in [-0.25, -0.2) is 9.97 Å². The van der Waals surface area contributed by atoms with Gasteiger partial charge in [-0.15, -0.1) is 11.6 Å². The first-order valence-corrected chi connectivity index (χ1v) is 11.0. The molecule has 2 aliphatic heterocycles. The van der Waals surface area contributed by atoms with Gasteiger partial charge in [0.25, 0.3) is 0 Å². The van der Waals surface area contributed by atoms with Gasteiger partial charge in [0.05, 0.1) is 11.2 Å². The highest BCUT2D eigenvalue weighted by Crippen LogP contribution is 2.36. The molecule has 158 valence electrons. The van der Waals surface area contributed by atoms with Crippen molar-refractivity contribution in [1.29, 1.82) is 0 Å². The molecule has 4 rings (SSSR count). The van der Waals surface area contributed by atoms with E-state index in [9.17, 15) is 4.79 Å². The van der Waals surface area contributed by atoms with Gasteiger partial charge in [-0.05, 0) is 53.4 Å². The Kier molecular flexibility index (Phi) is 5.55. The maximum atomic E-state index is 12.1. The maximum Gasteiger partial charge on any atom is 0.498 e. The van der Waals surface area contributed by atoms with Crippen molar-refractivity contribution >= 4 is 36.0 Å². The average molecular weight is 421 g/mol. The van der Waals surface area contributed by atoms with E-state index < -0.39 is 18.3 Å². The standard InChI is InChI=1S/C20H30BClN4O3/c1-19(2)20(3,4)29-21(28-19)14-11-23-18(24-12-14)26(15-7-8-15)13-16-6-5-9-25(16)17(27)10-22/h11-12,15-16H,5-10,13H2,1-4H3. The Morgan fingerprint density at radius 1 is 1.21 bits per heavy atom. The molecule has 0 aromatic carbocycles. The Morgan fingerprint density at radius 3 is 2.38 bits per heavy atom. The molecule has 1 aromatic rings. The Morgan fingerprint density at radius 2 is 1.83 bits per heavy atom. The van der Waals surface area contributed by atoms with Crippen LogP contribution in [0.25, 0.3) is 0 Å². The molecule has 1 unspecified atom stereocenters. The van der Waals surface area contributed by atoms with Crippen molar-refractivity contribution in [3.8, 4) is 0 Å². The predicted octanol–water partition coefficient (Wildman–Crippen LogP) is 1.97. The second kappa shape index (κ2) is 7.71.